The maximum absolute atomic E-state index is 12.6. The van der Waals surface area contributed by atoms with Gasteiger partial charge in [0.2, 0.25) is 5.91 Å². The molecule has 134 valence electrons. The van der Waals surface area contributed by atoms with E-state index in [0.29, 0.717) is 10.3 Å². The lowest BCUT2D eigenvalue weighted by Gasteiger charge is -2.31. The summed E-state index contributed by atoms with van der Waals surface area (Å²) in [5, 5.41) is 3.83. The molecule has 7 nitrogen and oxygen atoms in total. The van der Waals surface area contributed by atoms with Crippen LogP contribution in [0.5, 0.6) is 0 Å². The summed E-state index contributed by atoms with van der Waals surface area (Å²) in [5.74, 6) is 0.0584. The summed E-state index contributed by atoms with van der Waals surface area (Å²) in [6.07, 6.45) is 2.89. The maximum Gasteiger partial charge on any atom is 0.270 e. The number of thiazole rings is 1. The summed E-state index contributed by atoms with van der Waals surface area (Å²) in [6.45, 7) is 3.47. The van der Waals surface area contributed by atoms with E-state index >= 15 is 0 Å². The van der Waals surface area contributed by atoms with E-state index < -0.39 is 0 Å². The van der Waals surface area contributed by atoms with Gasteiger partial charge in [-0.25, -0.2) is 4.98 Å². The fourth-order valence-corrected chi connectivity index (χ4v) is 4.14. The number of carbonyl (C=O) groups excluding carboxylic acids is 1. The van der Waals surface area contributed by atoms with E-state index in [1.165, 1.54) is 17.7 Å². The molecule has 26 heavy (non-hydrogen) atoms. The summed E-state index contributed by atoms with van der Waals surface area (Å²) in [7, 11) is 0. The molecular formula is C18H19N5O2S. The van der Waals surface area contributed by atoms with Crippen molar-refractivity contribution in [3.05, 3.63) is 46.5 Å². The summed E-state index contributed by atoms with van der Waals surface area (Å²) in [4.78, 5) is 37.6. The van der Waals surface area contributed by atoms with Crippen molar-refractivity contribution >= 4 is 38.4 Å². The third-order valence-corrected chi connectivity index (χ3v) is 5.83. The molecular weight excluding hydrogens is 350 g/mol. The summed E-state index contributed by atoms with van der Waals surface area (Å²) < 4.78 is 0.543. The van der Waals surface area contributed by atoms with Crippen LogP contribution in [0.2, 0.25) is 0 Å². The zero-order valence-corrected chi connectivity index (χ0v) is 15.2. The van der Waals surface area contributed by atoms with Crippen molar-refractivity contribution in [2.75, 3.05) is 23.3 Å². The van der Waals surface area contributed by atoms with Crippen molar-refractivity contribution in [1.29, 1.82) is 0 Å². The maximum atomic E-state index is 12.6. The Labute approximate surface area is 154 Å². The lowest BCUT2D eigenvalue weighted by molar-refractivity contribution is -0.120. The number of fused-ring (bicyclic) bond motifs is 1. The average Bonchev–Trinajstić information content (AvgIpc) is 3.09. The van der Waals surface area contributed by atoms with Gasteiger partial charge < -0.3 is 15.2 Å². The van der Waals surface area contributed by atoms with E-state index in [-0.39, 0.29) is 17.4 Å². The Kier molecular flexibility index (Phi) is 4.42. The molecule has 0 saturated carbocycles. The number of amides is 1. The molecule has 4 rings (SSSR count). The van der Waals surface area contributed by atoms with Gasteiger partial charge in [-0.3, -0.25) is 9.59 Å². The quantitative estimate of drug-likeness (QED) is 0.740. The van der Waals surface area contributed by atoms with Gasteiger partial charge in [0, 0.05) is 24.7 Å². The first kappa shape index (κ1) is 16.7. The monoisotopic (exact) mass is 369 g/mol. The molecule has 0 aliphatic carbocycles. The van der Waals surface area contributed by atoms with Crippen LogP contribution in [-0.2, 0) is 4.79 Å². The number of H-pyrrole nitrogens is 1. The Morgan fingerprint density at radius 2 is 2.08 bits per heavy atom. The van der Waals surface area contributed by atoms with Crippen molar-refractivity contribution in [2.45, 2.75) is 19.8 Å². The van der Waals surface area contributed by atoms with Gasteiger partial charge >= 0.3 is 0 Å². The second-order valence-corrected chi connectivity index (χ2v) is 7.42. The summed E-state index contributed by atoms with van der Waals surface area (Å²) in [6, 6.07) is 7.80. The molecule has 0 spiro atoms. The number of aromatic amines is 1. The molecule has 1 amide bonds. The van der Waals surface area contributed by atoms with E-state index in [2.05, 4.69) is 25.2 Å². The van der Waals surface area contributed by atoms with Crippen LogP contribution in [0.4, 0.5) is 10.8 Å². The molecule has 1 fully saturated rings. The van der Waals surface area contributed by atoms with Gasteiger partial charge in [-0.2, -0.15) is 4.98 Å². The highest BCUT2D eigenvalue weighted by Gasteiger charge is 2.27. The Hall–Kier alpha value is -2.74. The van der Waals surface area contributed by atoms with Gasteiger partial charge in [0.05, 0.1) is 6.33 Å². The Morgan fingerprint density at radius 1 is 1.31 bits per heavy atom. The van der Waals surface area contributed by atoms with Gasteiger partial charge in [0.15, 0.2) is 10.8 Å². The van der Waals surface area contributed by atoms with Crippen molar-refractivity contribution in [2.24, 2.45) is 5.92 Å². The van der Waals surface area contributed by atoms with E-state index in [1.807, 2.05) is 31.2 Å². The molecule has 0 atom stereocenters. The van der Waals surface area contributed by atoms with E-state index in [0.717, 1.165) is 42.3 Å². The number of piperidine rings is 1. The third-order valence-electron chi connectivity index (χ3n) is 4.73. The van der Waals surface area contributed by atoms with Gasteiger partial charge in [0.25, 0.3) is 5.56 Å². The molecule has 2 aromatic heterocycles. The number of rotatable bonds is 3. The zero-order valence-electron chi connectivity index (χ0n) is 14.4. The van der Waals surface area contributed by atoms with Crippen molar-refractivity contribution in [3.63, 3.8) is 0 Å². The lowest BCUT2D eigenvalue weighted by atomic mass is 9.96. The minimum atomic E-state index is -0.161. The minimum absolute atomic E-state index is 0.0123. The number of hydrogen-bond acceptors (Lipinski definition) is 6. The van der Waals surface area contributed by atoms with Crippen LogP contribution in [0, 0.1) is 12.8 Å². The van der Waals surface area contributed by atoms with Gasteiger partial charge in [-0.15, -0.1) is 0 Å². The van der Waals surface area contributed by atoms with Crippen LogP contribution in [-0.4, -0.2) is 33.9 Å². The number of aryl methyl sites for hydroxylation is 1. The number of hydrogen-bond donors (Lipinski definition) is 2. The molecule has 1 saturated heterocycles. The molecule has 2 N–H and O–H groups in total. The number of benzene rings is 1. The number of para-hydroxylation sites is 1. The normalized spacial score (nSPS) is 15.3. The zero-order chi connectivity index (χ0) is 18.1. The predicted octanol–water partition coefficient (Wildman–Crippen LogP) is 2.54. The van der Waals surface area contributed by atoms with Crippen LogP contribution in [0.1, 0.15) is 18.4 Å². The molecule has 1 aliphatic rings. The minimum Gasteiger partial charge on any atom is -0.348 e. The van der Waals surface area contributed by atoms with Gasteiger partial charge in [0.1, 0.15) is 4.70 Å². The molecule has 0 bridgehead atoms. The average molecular weight is 369 g/mol. The van der Waals surface area contributed by atoms with Crippen molar-refractivity contribution in [3.8, 4) is 0 Å². The Morgan fingerprint density at radius 3 is 2.81 bits per heavy atom. The number of carbonyl (C=O) groups is 1. The molecule has 8 heteroatoms. The van der Waals surface area contributed by atoms with Gasteiger partial charge in [-0.05, 0) is 31.4 Å². The first-order valence-electron chi connectivity index (χ1n) is 8.57. The Bertz CT molecular complexity index is 1000. The highest BCUT2D eigenvalue weighted by Crippen LogP contribution is 2.29. The fourth-order valence-electron chi connectivity index (χ4n) is 3.17. The highest BCUT2D eigenvalue weighted by atomic mass is 32.1. The fraction of sp³-hybridized carbons (Fsp3) is 0.333. The smallest absolute Gasteiger partial charge is 0.270 e. The topological polar surface area (TPSA) is 91.0 Å². The van der Waals surface area contributed by atoms with Crippen LogP contribution in [0.3, 0.4) is 0 Å². The second-order valence-electron chi connectivity index (χ2n) is 6.45. The van der Waals surface area contributed by atoms with Crippen molar-refractivity contribution < 1.29 is 4.79 Å². The molecule has 0 radical (unpaired) electrons. The van der Waals surface area contributed by atoms with Crippen LogP contribution < -0.4 is 15.8 Å². The molecule has 3 heterocycles. The van der Waals surface area contributed by atoms with E-state index in [9.17, 15) is 9.59 Å². The summed E-state index contributed by atoms with van der Waals surface area (Å²) in [5.41, 5.74) is 2.25. The first-order valence-corrected chi connectivity index (χ1v) is 9.39. The highest BCUT2D eigenvalue weighted by molar-refractivity contribution is 7.22. The lowest BCUT2D eigenvalue weighted by Crippen LogP contribution is -2.38. The van der Waals surface area contributed by atoms with Crippen LogP contribution >= 0.6 is 11.3 Å². The molecule has 1 aliphatic heterocycles. The standard InChI is InChI=1S/C18H19N5O2S/c1-11-4-2-3-5-13(11)21-16(24)12-6-8-23(9-7-12)18-22-15-14(26-18)17(25)20-10-19-15/h2-5,10,12H,6-9H2,1H3,(H,21,24)(H,19,20,25). The Balaban J connectivity index is 1.42. The predicted molar refractivity (Wildman–Crippen MR) is 103 cm³/mol. The number of anilines is 2. The van der Waals surface area contributed by atoms with E-state index in [1.54, 1.807) is 0 Å². The van der Waals surface area contributed by atoms with Gasteiger partial charge in [-0.1, -0.05) is 29.5 Å². The molecule has 1 aromatic carbocycles. The SMILES string of the molecule is Cc1ccccc1NC(=O)C1CCN(c2nc3nc[nH]c(=O)c3s2)CC1. The second kappa shape index (κ2) is 6.87. The first-order chi connectivity index (χ1) is 12.6. The summed E-state index contributed by atoms with van der Waals surface area (Å²) >= 11 is 1.35. The largest absolute Gasteiger partial charge is 0.348 e. The van der Waals surface area contributed by atoms with Crippen molar-refractivity contribution in [1.82, 2.24) is 15.0 Å². The van der Waals surface area contributed by atoms with Crippen LogP contribution in [0.25, 0.3) is 10.3 Å². The molecule has 0 unspecified atom stereocenters. The number of nitrogens with one attached hydrogen (secondary N) is 2. The molecule has 3 aromatic rings. The van der Waals surface area contributed by atoms with E-state index in [4.69, 9.17) is 0 Å². The van der Waals surface area contributed by atoms with Crippen LogP contribution in [0.15, 0.2) is 35.4 Å². The third kappa shape index (κ3) is 3.20. The number of aromatic nitrogens is 3. The number of nitrogens with zero attached hydrogens (tertiary/aromatic N) is 3.